The zero-order valence-electron chi connectivity index (χ0n) is 16.0. The summed E-state index contributed by atoms with van der Waals surface area (Å²) in [6, 6.07) is 4.82. The van der Waals surface area contributed by atoms with E-state index < -0.39 is 11.7 Å². The fourth-order valence-corrected chi connectivity index (χ4v) is 4.44. The van der Waals surface area contributed by atoms with Gasteiger partial charge in [-0.15, -0.1) is 11.3 Å². The van der Waals surface area contributed by atoms with Crippen LogP contribution in [0.5, 0.6) is 0 Å². The first-order valence-corrected chi connectivity index (χ1v) is 10.3. The van der Waals surface area contributed by atoms with Gasteiger partial charge in [-0.05, 0) is 51.0 Å². The normalized spacial score (nSPS) is 16.4. The van der Waals surface area contributed by atoms with E-state index in [4.69, 9.17) is 0 Å². The van der Waals surface area contributed by atoms with Crippen molar-refractivity contribution in [2.24, 2.45) is 4.99 Å². The number of hydrogen-bond acceptors (Lipinski definition) is 2. The molecule has 1 fully saturated rings. The van der Waals surface area contributed by atoms with Gasteiger partial charge < -0.3 is 4.90 Å². The molecule has 1 heterocycles. The highest BCUT2D eigenvalue weighted by molar-refractivity contribution is 7.09. The van der Waals surface area contributed by atoms with E-state index in [9.17, 15) is 18.0 Å². The molecule has 1 aliphatic carbocycles. The molecular formula is C20H24F3N3OS. The van der Waals surface area contributed by atoms with E-state index in [0.29, 0.717) is 17.0 Å². The Morgan fingerprint density at radius 1 is 1.21 bits per heavy atom. The van der Waals surface area contributed by atoms with Crippen molar-refractivity contribution < 1.29 is 18.0 Å². The fourth-order valence-electron chi connectivity index (χ4n) is 3.62. The lowest BCUT2D eigenvalue weighted by atomic mass is 9.94. The van der Waals surface area contributed by atoms with Crippen LogP contribution in [0.1, 0.15) is 49.5 Å². The number of hydrogen-bond donors (Lipinski definition) is 0. The molecule has 1 aliphatic rings. The number of carbonyl (C=O) groups is 1. The Bertz CT molecular complexity index is 877. The van der Waals surface area contributed by atoms with Gasteiger partial charge in [0, 0.05) is 29.3 Å². The Morgan fingerprint density at radius 3 is 2.43 bits per heavy atom. The first kappa shape index (κ1) is 20.6. The molecule has 0 aliphatic heterocycles. The van der Waals surface area contributed by atoms with Crippen LogP contribution in [0.2, 0.25) is 0 Å². The number of halogens is 3. The largest absolute Gasteiger partial charge is 0.416 e. The van der Waals surface area contributed by atoms with Crippen molar-refractivity contribution >= 4 is 17.4 Å². The molecule has 152 valence electrons. The first-order chi connectivity index (χ1) is 13.3. The van der Waals surface area contributed by atoms with Crippen molar-refractivity contribution in [3.63, 3.8) is 0 Å². The average molecular weight is 411 g/mol. The SMILES string of the molecule is CCN(C(=O)N=c1sc(C)cn1-c1ccc(C(F)(F)F)cc1)C1CCCCC1. The minimum atomic E-state index is -4.38. The van der Waals surface area contributed by atoms with Gasteiger partial charge in [-0.1, -0.05) is 19.3 Å². The third-order valence-corrected chi connectivity index (χ3v) is 5.93. The smallest absolute Gasteiger partial charge is 0.320 e. The summed E-state index contributed by atoms with van der Waals surface area (Å²) in [4.78, 5) is 20.3. The van der Waals surface area contributed by atoms with E-state index in [0.717, 1.165) is 42.7 Å². The molecule has 0 unspecified atom stereocenters. The molecule has 0 saturated heterocycles. The minimum absolute atomic E-state index is 0.218. The molecule has 1 saturated carbocycles. The third kappa shape index (κ3) is 4.66. The monoisotopic (exact) mass is 411 g/mol. The quantitative estimate of drug-likeness (QED) is 0.653. The molecule has 0 bridgehead atoms. The summed E-state index contributed by atoms with van der Waals surface area (Å²) in [6.45, 7) is 4.43. The van der Waals surface area contributed by atoms with E-state index in [2.05, 4.69) is 4.99 Å². The summed E-state index contributed by atoms with van der Waals surface area (Å²) in [5.74, 6) is 0. The Kier molecular flexibility index (Phi) is 6.27. The summed E-state index contributed by atoms with van der Waals surface area (Å²) < 4.78 is 40.1. The second-order valence-corrected chi connectivity index (χ2v) is 8.22. The lowest BCUT2D eigenvalue weighted by molar-refractivity contribution is -0.137. The molecule has 28 heavy (non-hydrogen) atoms. The van der Waals surface area contributed by atoms with Crippen LogP contribution in [-0.2, 0) is 6.18 Å². The fraction of sp³-hybridized carbons (Fsp3) is 0.500. The number of carbonyl (C=O) groups excluding carboxylic acids is 1. The Labute approximate surface area is 166 Å². The molecular weight excluding hydrogens is 387 g/mol. The number of aromatic nitrogens is 1. The summed E-state index contributed by atoms with van der Waals surface area (Å²) in [5, 5.41) is 0. The summed E-state index contributed by atoms with van der Waals surface area (Å²) in [7, 11) is 0. The number of rotatable bonds is 3. The average Bonchev–Trinajstić information content (AvgIpc) is 3.03. The van der Waals surface area contributed by atoms with Gasteiger partial charge in [0.15, 0.2) is 4.80 Å². The van der Waals surface area contributed by atoms with Crippen LogP contribution in [-0.4, -0.2) is 28.1 Å². The molecule has 0 spiro atoms. The van der Waals surface area contributed by atoms with Crippen LogP contribution >= 0.6 is 11.3 Å². The maximum Gasteiger partial charge on any atom is 0.416 e. The van der Waals surface area contributed by atoms with Gasteiger partial charge in [-0.3, -0.25) is 4.57 Å². The number of urea groups is 1. The van der Waals surface area contributed by atoms with E-state index in [-0.39, 0.29) is 12.1 Å². The molecule has 0 atom stereocenters. The Hall–Kier alpha value is -2.09. The highest BCUT2D eigenvalue weighted by Gasteiger charge is 2.30. The van der Waals surface area contributed by atoms with Gasteiger partial charge in [0.05, 0.1) is 5.56 Å². The van der Waals surface area contributed by atoms with E-state index >= 15 is 0 Å². The highest BCUT2D eigenvalue weighted by atomic mass is 32.1. The molecule has 0 N–H and O–H groups in total. The Morgan fingerprint density at radius 2 is 1.86 bits per heavy atom. The standard InChI is InChI=1S/C20H24F3N3OS/c1-3-25(16-7-5-4-6-8-16)18(27)24-19-26(13-14(2)28-19)17-11-9-15(10-12-17)20(21,22)23/h9-13,16H,3-8H2,1-2H3. The number of nitrogens with zero attached hydrogens (tertiary/aromatic N) is 3. The van der Waals surface area contributed by atoms with Gasteiger partial charge >= 0.3 is 12.2 Å². The molecule has 3 rings (SSSR count). The Balaban J connectivity index is 1.91. The lowest BCUT2D eigenvalue weighted by Gasteiger charge is -2.32. The number of aryl methyl sites for hydroxylation is 1. The zero-order chi connectivity index (χ0) is 20.3. The number of alkyl halides is 3. The first-order valence-electron chi connectivity index (χ1n) is 9.51. The summed E-state index contributed by atoms with van der Waals surface area (Å²) in [5.41, 5.74) is -0.155. The van der Waals surface area contributed by atoms with Crippen LogP contribution < -0.4 is 4.80 Å². The van der Waals surface area contributed by atoms with Crippen LogP contribution in [0.15, 0.2) is 35.5 Å². The van der Waals surface area contributed by atoms with Gasteiger partial charge in [0.2, 0.25) is 0 Å². The molecule has 2 amide bonds. The van der Waals surface area contributed by atoms with Crippen molar-refractivity contribution in [3.8, 4) is 5.69 Å². The zero-order valence-corrected chi connectivity index (χ0v) is 16.8. The van der Waals surface area contributed by atoms with Crippen molar-refractivity contribution in [3.05, 3.63) is 45.7 Å². The summed E-state index contributed by atoms with van der Waals surface area (Å²) in [6.07, 6.45) is 2.86. The van der Waals surface area contributed by atoms with Crippen LogP contribution in [0, 0.1) is 6.92 Å². The second-order valence-electron chi connectivity index (χ2n) is 7.01. The van der Waals surface area contributed by atoms with E-state index in [1.54, 1.807) is 10.8 Å². The van der Waals surface area contributed by atoms with Gasteiger partial charge in [0.25, 0.3) is 0 Å². The topological polar surface area (TPSA) is 37.6 Å². The predicted molar refractivity (Wildman–Crippen MR) is 104 cm³/mol. The number of thiazole rings is 1. The second kappa shape index (κ2) is 8.51. The number of amides is 2. The molecule has 2 aromatic rings. The maximum absolute atomic E-state index is 12.8. The molecule has 4 nitrogen and oxygen atoms in total. The van der Waals surface area contributed by atoms with Crippen molar-refractivity contribution in [2.75, 3.05) is 6.54 Å². The molecule has 0 radical (unpaired) electrons. The number of benzene rings is 1. The summed E-state index contributed by atoms with van der Waals surface area (Å²) >= 11 is 1.35. The molecule has 1 aromatic heterocycles. The predicted octanol–water partition coefficient (Wildman–Crippen LogP) is 5.54. The van der Waals surface area contributed by atoms with Crippen molar-refractivity contribution in [1.29, 1.82) is 0 Å². The van der Waals surface area contributed by atoms with E-state index in [1.807, 2.05) is 18.7 Å². The van der Waals surface area contributed by atoms with E-state index in [1.165, 1.54) is 29.9 Å². The van der Waals surface area contributed by atoms with Crippen LogP contribution in [0.3, 0.4) is 0 Å². The van der Waals surface area contributed by atoms with Crippen molar-refractivity contribution in [2.45, 2.75) is 58.2 Å². The lowest BCUT2D eigenvalue weighted by Crippen LogP contribution is -2.40. The highest BCUT2D eigenvalue weighted by Crippen LogP contribution is 2.29. The van der Waals surface area contributed by atoms with Crippen LogP contribution in [0.4, 0.5) is 18.0 Å². The van der Waals surface area contributed by atoms with Crippen LogP contribution in [0.25, 0.3) is 5.69 Å². The minimum Gasteiger partial charge on any atom is -0.320 e. The maximum atomic E-state index is 12.8. The van der Waals surface area contributed by atoms with Gasteiger partial charge in [0.1, 0.15) is 0 Å². The van der Waals surface area contributed by atoms with Gasteiger partial charge in [-0.25, -0.2) is 4.79 Å². The third-order valence-electron chi connectivity index (χ3n) is 5.04. The molecule has 1 aromatic carbocycles. The molecule has 8 heteroatoms. The van der Waals surface area contributed by atoms with Gasteiger partial charge in [-0.2, -0.15) is 18.2 Å². The van der Waals surface area contributed by atoms with Crippen molar-refractivity contribution in [1.82, 2.24) is 9.47 Å².